The van der Waals surface area contributed by atoms with E-state index < -0.39 is 0 Å². The maximum Gasteiger partial charge on any atom is 0.191 e. The van der Waals surface area contributed by atoms with E-state index in [4.69, 9.17) is 9.47 Å². The molecule has 154 valence electrons. The predicted octanol–water partition coefficient (Wildman–Crippen LogP) is 2.36. The lowest BCUT2D eigenvalue weighted by molar-refractivity contribution is 0.146. The van der Waals surface area contributed by atoms with Crippen LogP contribution in [0, 0.1) is 13.8 Å². The Kier molecular flexibility index (Phi) is 8.32. The molecule has 0 amide bonds. The lowest BCUT2D eigenvalue weighted by Gasteiger charge is -2.18. The molecular formula is C21H33N5O2. The Bertz CT molecular complexity index is 785. The minimum Gasteiger partial charge on any atom is -0.491 e. The Hall–Kier alpha value is -2.54. The standard InChI is InChI=1S/C21H33N5O2/c1-15(12-20-16(2)25-26(5)17(20)3)24-21(22-4)23-14-18-8-7-9-19(13-18)28-11-10-27-6/h7-9,13,15H,10-12,14H2,1-6H3,(H2,22,23,24). The van der Waals surface area contributed by atoms with Crippen LogP contribution in [0.3, 0.4) is 0 Å². The summed E-state index contributed by atoms with van der Waals surface area (Å²) in [5.74, 6) is 1.62. The quantitative estimate of drug-likeness (QED) is 0.393. The minimum absolute atomic E-state index is 0.233. The number of guanidine groups is 1. The monoisotopic (exact) mass is 387 g/mol. The summed E-state index contributed by atoms with van der Waals surface area (Å²) in [5, 5.41) is 11.3. The largest absolute Gasteiger partial charge is 0.491 e. The summed E-state index contributed by atoms with van der Waals surface area (Å²) in [6.07, 6.45) is 0.898. The van der Waals surface area contributed by atoms with Crippen LogP contribution in [0.15, 0.2) is 29.3 Å². The average molecular weight is 388 g/mol. The van der Waals surface area contributed by atoms with Crippen molar-refractivity contribution in [1.29, 1.82) is 0 Å². The summed E-state index contributed by atoms with van der Waals surface area (Å²) in [5.41, 5.74) is 4.71. The van der Waals surface area contributed by atoms with Crippen LogP contribution in [-0.4, -0.2) is 49.2 Å². The van der Waals surface area contributed by atoms with Gasteiger partial charge in [-0.15, -0.1) is 0 Å². The zero-order valence-corrected chi connectivity index (χ0v) is 17.9. The van der Waals surface area contributed by atoms with E-state index in [-0.39, 0.29) is 6.04 Å². The average Bonchev–Trinajstić information content (AvgIpc) is 2.91. The number of hydrogen-bond donors (Lipinski definition) is 2. The summed E-state index contributed by atoms with van der Waals surface area (Å²) in [4.78, 5) is 4.34. The van der Waals surface area contributed by atoms with Gasteiger partial charge in [-0.25, -0.2) is 0 Å². The van der Waals surface area contributed by atoms with E-state index in [0.717, 1.165) is 29.4 Å². The summed E-state index contributed by atoms with van der Waals surface area (Å²) >= 11 is 0. The van der Waals surface area contributed by atoms with Crippen LogP contribution >= 0.6 is 0 Å². The minimum atomic E-state index is 0.233. The molecule has 2 aromatic rings. The zero-order valence-electron chi connectivity index (χ0n) is 17.9. The molecule has 0 bridgehead atoms. The van der Waals surface area contributed by atoms with E-state index in [1.807, 2.05) is 29.9 Å². The predicted molar refractivity (Wildman–Crippen MR) is 113 cm³/mol. The van der Waals surface area contributed by atoms with Crippen LogP contribution in [0.2, 0.25) is 0 Å². The third kappa shape index (κ3) is 6.27. The van der Waals surface area contributed by atoms with Gasteiger partial charge in [0.15, 0.2) is 5.96 Å². The first-order chi connectivity index (χ1) is 13.4. The molecule has 0 aliphatic carbocycles. The smallest absolute Gasteiger partial charge is 0.191 e. The molecule has 0 fully saturated rings. The molecule has 1 heterocycles. The first kappa shape index (κ1) is 21.8. The molecule has 0 saturated carbocycles. The van der Waals surface area contributed by atoms with Crippen molar-refractivity contribution in [2.75, 3.05) is 27.4 Å². The van der Waals surface area contributed by atoms with Gasteiger partial charge in [0.05, 0.1) is 12.3 Å². The fourth-order valence-corrected chi connectivity index (χ4v) is 3.07. The van der Waals surface area contributed by atoms with Crippen LogP contribution < -0.4 is 15.4 Å². The Labute approximate surface area is 168 Å². The lowest BCUT2D eigenvalue weighted by Crippen LogP contribution is -2.42. The van der Waals surface area contributed by atoms with Crippen molar-refractivity contribution in [3.05, 3.63) is 46.8 Å². The van der Waals surface area contributed by atoms with Crippen molar-refractivity contribution in [3.8, 4) is 5.75 Å². The number of aryl methyl sites for hydroxylation is 2. The molecule has 1 unspecified atom stereocenters. The summed E-state index contributed by atoms with van der Waals surface area (Å²) in [6.45, 7) is 8.11. The third-order valence-electron chi connectivity index (χ3n) is 4.69. The topological polar surface area (TPSA) is 72.7 Å². The molecule has 0 aliphatic rings. The molecule has 2 rings (SSSR count). The number of aliphatic imine (C=N–C) groups is 1. The van der Waals surface area contributed by atoms with Crippen molar-refractivity contribution >= 4 is 5.96 Å². The first-order valence-corrected chi connectivity index (χ1v) is 9.61. The van der Waals surface area contributed by atoms with Crippen molar-refractivity contribution in [3.63, 3.8) is 0 Å². The van der Waals surface area contributed by atoms with Gasteiger partial charge in [-0.2, -0.15) is 5.10 Å². The van der Waals surface area contributed by atoms with Crippen LogP contribution in [0.25, 0.3) is 0 Å². The van der Waals surface area contributed by atoms with E-state index in [1.165, 1.54) is 11.3 Å². The molecule has 0 spiro atoms. The molecule has 0 saturated heterocycles. The molecule has 0 aliphatic heterocycles. The van der Waals surface area contributed by atoms with Crippen molar-refractivity contribution < 1.29 is 9.47 Å². The van der Waals surface area contributed by atoms with Gasteiger partial charge < -0.3 is 20.1 Å². The van der Waals surface area contributed by atoms with Gasteiger partial charge in [0, 0.05) is 39.5 Å². The van der Waals surface area contributed by atoms with Gasteiger partial charge in [-0.05, 0) is 50.5 Å². The van der Waals surface area contributed by atoms with Gasteiger partial charge in [0.25, 0.3) is 0 Å². The number of hydrogen-bond acceptors (Lipinski definition) is 4. The second-order valence-electron chi connectivity index (χ2n) is 6.94. The Morgan fingerprint density at radius 2 is 2.07 bits per heavy atom. The number of ether oxygens (including phenoxy) is 2. The number of rotatable bonds is 9. The number of nitrogens with one attached hydrogen (secondary N) is 2. The maximum absolute atomic E-state index is 5.67. The van der Waals surface area contributed by atoms with Gasteiger partial charge in [-0.3, -0.25) is 9.67 Å². The first-order valence-electron chi connectivity index (χ1n) is 9.61. The lowest BCUT2D eigenvalue weighted by atomic mass is 10.1. The maximum atomic E-state index is 5.67. The molecule has 7 heteroatoms. The number of methoxy groups -OCH3 is 1. The van der Waals surface area contributed by atoms with Crippen LogP contribution in [0.5, 0.6) is 5.75 Å². The summed E-state index contributed by atoms with van der Waals surface area (Å²) in [6, 6.07) is 8.27. The van der Waals surface area contributed by atoms with Gasteiger partial charge in [-0.1, -0.05) is 12.1 Å². The highest BCUT2D eigenvalue weighted by Gasteiger charge is 2.14. The third-order valence-corrected chi connectivity index (χ3v) is 4.69. The summed E-state index contributed by atoms with van der Waals surface area (Å²) in [7, 11) is 5.44. The van der Waals surface area contributed by atoms with Crippen molar-refractivity contribution in [1.82, 2.24) is 20.4 Å². The van der Waals surface area contributed by atoms with Crippen LogP contribution in [0.4, 0.5) is 0 Å². The SMILES string of the molecule is CN=C(NCc1cccc(OCCOC)c1)NC(C)Cc1c(C)nn(C)c1C. The highest BCUT2D eigenvalue weighted by atomic mass is 16.5. The van der Waals surface area contributed by atoms with Crippen LogP contribution in [-0.2, 0) is 24.8 Å². The van der Waals surface area contributed by atoms with E-state index >= 15 is 0 Å². The van der Waals surface area contributed by atoms with Gasteiger partial charge in [0.2, 0.25) is 0 Å². The van der Waals surface area contributed by atoms with E-state index in [2.05, 4.69) is 47.6 Å². The molecule has 0 radical (unpaired) electrons. The molecule has 28 heavy (non-hydrogen) atoms. The van der Waals surface area contributed by atoms with E-state index in [9.17, 15) is 0 Å². The van der Waals surface area contributed by atoms with Crippen molar-refractivity contribution in [2.24, 2.45) is 12.0 Å². The Morgan fingerprint density at radius 3 is 2.71 bits per heavy atom. The molecule has 2 N–H and O–H groups in total. The molecule has 1 atom stereocenters. The number of benzene rings is 1. The van der Waals surface area contributed by atoms with Gasteiger partial charge >= 0.3 is 0 Å². The molecule has 1 aromatic heterocycles. The normalized spacial score (nSPS) is 12.7. The van der Waals surface area contributed by atoms with Crippen molar-refractivity contribution in [2.45, 2.75) is 39.8 Å². The molecular weight excluding hydrogens is 354 g/mol. The highest BCUT2D eigenvalue weighted by molar-refractivity contribution is 5.79. The number of nitrogens with zero attached hydrogens (tertiary/aromatic N) is 3. The fourth-order valence-electron chi connectivity index (χ4n) is 3.07. The fraction of sp³-hybridized carbons (Fsp3) is 0.524. The second-order valence-corrected chi connectivity index (χ2v) is 6.94. The van der Waals surface area contributed by atoms with E-state index in [0.29, 0.717) is 19.8 Å². The molecule has 7 nitrogen and oxygen atoms in total. The highest BCUT2D eigenvalue weighted by Crippen LogP contribution is 2.15. The Balaban J connectivity index is 1.88. The zero-order chi connectivity index (χ0) is 20.5. The van der Waals surface area contributed by atoms with E-state index in [1.54, 1.807) is 14.2 Å². The number of aromatic nitrogens is 2. The Morgan fingerprint density at radius 1 is 1.29 bits per heavy atom. The van der Waals surface area contributed by atoms with Gasteiger partial charge in [0.1, 0.15) is 12.4 Å². The summed E-state index contributed by atoms with van der Waals surface area (Å²) < 4.78 is 12.6. The molecule has 1 aromatic carbocycles. The second kappa shape index (κ2) is 10.7. The van der Waals surface area contributed by atoms with Crippen LogP contribution in [0.1, 0.15) is 29.4 Å².